The Balaban J connectivity index is 0.000000215. The maximum Gasteiger partial charge on any atom is 0.215 e. The first-order chi connectivity index (χ1) is 51.1. The van der Waals surface area contributed by atoms with E-state index in [2.05, 4.69) is 241 Å². The summed E-state index contributed by atoms with van der Waals surface area (Å²) in [4.78, 5) is 0. The zero-order valence-electron chi connectivity index (χ0n) is 76.0. The highest BCUT2D eigenvalue weighted by Gasteiger charge is 2.23. The van der Waals surface area contributed by atoms with E-state index in [-0.39, 0.29) is 6.42 Å². The maximum absolute atomic E-state index is 7.61. The molecule has 5 heteroatoms. The Morgan fingerprint density at radius 2 is 0.684 bits per heavy atom. The standard InChI is InChI=1S/C21H30N.C20H28N.C19H26N.C17H22N.C16H20N/c1-15(2)12-18-9-10-20(17(5)14-18)21-19(13-16(3)4)8-7-11-22(21)6;1-14(2)12-18-8-7-11-21(6)20(18)19-10-9-17(15(3)4)13-16(19)5;1-6-16-9-10-18(15(4)13-16)19-17(12-14(2)3)8-7-11-20(19)5;1-6-15-7-8-16(13(3)9-15)17-10-12(2)14(4)11-18(17)5;1-11-6-7-15(13(3)8-11)16-9-12(2)14(4)10-17(16)5/h7-11,14-16H,12-13H2,1-6H3;7-11,13-15H,12H2,1-6H3;7-11,13-14H,6,12H2,1-5H3;7-11H,6H2,1-5H3;6-10H,1-5H3/q5*+1/i;;;2*1D3,4D3. The molecule has 5 aromatic heterocycles. The van der Waals surface area contributed by atoms with Crippen molar-refractivity contribution in [2.75, 3.05) is 0 Å². The van der Waals surface area contributed by atoms with E-state index in [4.69, 9.17) is 16.4 Å². The normalized spacial score (nSPS) is 13.4. The van der Waals surface area contributed by atoms with Crippen LogP contribution in [-0.2, 0) is 73.8 Å². The third-order valence-corrected chi connectivity index (χ3v) is 18.2. The fraction of sp³-hybridized carbons (Fsp3) is 0.409. The fourth-order valence-electron chi connectivity index (χ4n) is 13.1. The molecule has 0 saturated carbocycles. The lowest BCUT2D eigenvalue weighted by molar-refractivity contribution is -0.660. The lowest BCUT2D eigenvalue weighted by Gasteiger charge is -2.13. The van der Waals surface area contributed by atoms with Gasteiger partial charge in [-0.05, 0) is 247 Å². The van der Waals surface area contributed by atoms with Crippen LogP contribution in [0.1, 0.15) is 200 Å². The van der Waals surface area contributed by atoms with E-state index in [9.17, 15) is 0 Å². The van der Waals surface area contributed by atoms with Crippen LogP contribution in [-0.4, -0.2) is 0 Å². The number of benzene rings is 5. The molecule has 5 nitrogen and oxygen atoms in total. The minimum atomic E-state index is -2.15. The molecule has 0 fully saturated rings. The summed E-state index contributed by atoms with van der Waals surface area (Å²) in [7, 11) is 10.1. The zero-order valence-corrected chi connectivity index (χ0v) is 64.0. The molecule has 0 saturated heterocycles. The molecule has 5 aromatic carbocycles. The minimum absolute atomic E-state index is 0.0389. The molecule has 0 bridgehead atoms. The number of pyridine rings is 5. The summed E-state index contributed by atoms with van der Waals surface area (Å²) in [5.74, 6) is 3.29. The van der Waals surface area contributed by atoms with Crippen molar-refractivity contribution in [1.29, 1.82) is 0 Å². The summed E-state index contributed by atoms with van der Waals surface area (Å²) in [5.41, 5.74) is 29.5. The number of hydrogen-bond acceptors (Lipinski definition) is 0. The van der Waals surface area contributed by atoms with E-state index >= 15 is 0 Å². The number of aromatic nitrogens is 5. The van der Waals surface area contributed by atoms with E-state index in [0.717, 1.165) is 71.3 Å². The molecule has 0 aliphatic heterocycles. The van der Waals surface area contributed by atoms with Crippen molar-refractivity contribution in [3.8, 4) is 56.3 Å². The van der Waals surface area contributed by atoms with Crippen LogP contribution in [0.3, 0.4) is 0 Å². The number of hydrogen-bond donors (Lipinski definition) is 0. The summed E-state index contributed by atoms with van der Waals surface area (Å²) in [5, 5.41) is 0. The molecule has 0 aliphatic rings. The predicted octanol–water partition coefficient (Wildman–Crippen LogP) is 21.0. The average molecular weight is 1330 g/mol. The number of aryl methyl sites for hydroxylation is 17. The van der Waals surface area contributed by atoms with E-state index in [1.165, 1.54) is 83.8 Å². The van der Waals surface area contributed by atoms with Gasteiger partial charge in [0.15, 0.2) is 31.0 Å². The summed E-state index contributed by atoms with van der Waals surface area (Å²) < 4.78 is 101. The largest absolute Gasteiger partial charge is 0.215 e. The number of nitrogens with zero attached hydrogens (tertiary/aromatic N) is 5. The highest BCUT2D eigenvalue weighted by Crippen LogP contribution is 2.32. The summed E-state index contributed by atoms with van der Waals surface area (Å²) in [6.45, 7) is 30.6. The molecule has 0 atom stereocenters. The van der Waals surface area contributed by atoms with Gasteiger partial charge in [-0.25, -0.2) is 22.8 Å². The fourth-order valence-corrected chi connectivity index (χ4v) is 13.1. The SMILES string of the molecule is CCc1ccc(-c2c(CC(C)C)ccc[n+]2C)c(C)c1.Cc1cc(C(C)C)ccc1-c1c(CC(C)C)ccc[n+]1C.Cc1cc(CC(C)C)ccc1-c1c(CC(C)C)ccc[n+]1C.[2H]C([2H])([2H])Cc1ccc(-c2cc(C)c(C([2H])([2H])[2H])c[n+]2C)c(C)c1.[2H]C([2H])([2H])c1ccc(-c2cc(C)c(C([2H])([2H])[2H])c[n+]2C)c(C)c1. The zero-order chi connectivity index (χ0) is 82.4. The second-order valence-electron chi connectivity index (χ2n) is 29.3. The molecule has 0 N–H and O–H groups in total. The molecule has 10 rings (SSSR count). The summed E-state index contributed by atoms with van der Waals surface area (Å²) >= 11 is 0. The minimum Gasteiger partial charge on any atom is -0.201 e. The van der Waals surface area contributed by atoms with Gasteiger partial charge < -0.3 is 0 Å². The van der Waals surface area contributed by atoms with Crippen LogP contribution in [0.25, 0.3) is 56.3 Å². The molecule has 10 aromatic rings. The third kappa shape index (κ3) is 21.7. The lowest BCUT2D eigenvalue weighted by atomic mass is 9.92. The number of rotatable bonds is 16. The molecule has 98 heavy (non-hydrogen) atoms. The van der Waals surface area contributed by atoms with Gasteiger partial charge in [-0.15, -0.1) is 0 Å². The van der Waals surface area contributed by atoms with E-state index in [1.54, 1.807) is 60.6 Å². The molecule has 0 amide bonds. The molecule has 0 radical (unpaired) electrons. The van der Waals surface area contributed by atoms with Crippen LogP contribution in [0.5, 0.6) is 0 Å². The van der Waals surface area contributed by atoms with Crippen LogP contribution in [0.4, 0.5) is 0 Å². The topological polar surface area (TPSA) is 19.4 Å². The van der Waals surface area contributed by atoms with Gasteiger partial charge in [0, 0.05) is 102 Å². The van der Waals surface area contributed by atoms with Crippen molar-refractivity contribution in [2.45, 2.75) is 196 Å². The Bertz CT molecular complexity index is 4760. The molecular formula is C93H126N5+5. The first-order valence-electron chi connectivity index (χ1n) is 41.6. The van der Waals surface area contributed by atoms with Gasteiger partial charge in [0.05, 0.1) is 0 Å². The first kappa shape index (κ1) is 62.1. The predicted molar refractivity (Wildman–Crippen MR) is 420 cm³/mol. The van der Waals surface area contributed by atoms with Gasteiger partial charge in [0.25, 0.3) is 0 Å². The van der Waals surface area contributed by atoms with Gasteiger partial charge >= 0.3 is 0 Å². The molecular weight excluding hydrogens is 1190 g/mol. The van der Waals surface area contributed by atoms with Gasteiger partial charge in [-0.2, -0.15) is 0 Å². The quantitative estimate of drug-likeness (QED) is 0.0859. The average Bonchev–Trinajstić information content (AvgIpc) is 0.844. The monoisotopic (exact) mass is 1330 g/mol. The van der Waals surface area contributed by atoms with Crippen molar-refractivity contribution < 1.29 is 39.3 Å². The Kier molecular flexibility index (Phi) is 23.2. The van der Waals surface area contributed by atoms with Gasteiger partial charge in [-0.3, -0.25) is 0 Å². The van der Waals surface area contributed by atoms with Crippen LogP contribution < -0.4 is 22.8 Å². The van der Waals surface area contributed by atoms with Gasteiger partial charge in [0.1, 0.15) is 35.2 Å². The Morgan fingerprint density at radius 3 is 1.03 bits per heavy atom. The maximum atomic E-state index is 7.61. The second-order valence-corrected chi connectivity index (χ2v) is 29.3. The summed E-state index contributed by atoms with van der Waals surface area (Å²) in [6.07, 6.45) is 15.4. The Morgan fingerprint density at radius 1 is 0.327 bits per heavy atom. The van der Waals surface area contributed by atoms with Crippen molar-refractivity contribution in [3.63, 3.8) is 0 Å². The van der Waals surface area contributed by atoms with Crippen molar-refractivity contribution >= 4 is 0 Å². The molecule has 5 heterocycles. The van der Waals surface area contributed by atoms with Crippen molar-refractivity contribution in [1.82, 2.24) is 0 Å². The van der Waals surface area contributed by atoms with Crippen molar-refractivity contribution in [3.05, 3.63) is 265 Å². The molecule has 0 unspecified atom stereocenters. The highest BCUT2D eigenvalue weighted by molar-refractivity contribution is 5.68. The van der Waals surface area contributed by atoms with Crippen LogP contribution >= 0.6 is 0 Å². The van der Waals surface area contributed by atoms with E-state index in [0.29, 0.717) is 57.4 Å². The first-order valence-corrected chi connectivity index (χ1v) is 35.6. The van der Waals surface area contributed by atoms with Crippen molar-refractivity contribution in [2.24, 2.45) is 58.9 Å². The second kappa shape index (κ2) is 36.6. The van der Waals surface area contributed by atoms with Gasteiger partial charge in [0.2, 0.25) is 28.5 Å². The van der Waals surface area contributed by atoms with Crippen LogP contribution in [0.15, 0.2) is 171 Å². The Hall–Kier alpha value is -8.15. The third-order valence-electron chi connectivity index (χ3n) is 18.2. The molecule has 0 spiro atoms. The van der Waals surface area contributed by atoms with E-state index in [1.807, 2.05) is 51.2 Å². The molecule has 518 valence electrons. The highest BCUT2D eigenvalue weighted by atomic mass is 14.9. The van der Waals surface area contributed by atoms with Gasteiger partial charge in [-0.1, -0.05) is 149 Å². The van der Waals surface area contributed by atoms with Crippen LogP contribution in [0.2, 0.25) is 0 Å². The molecule has 0 aliphatic carbocycles. The van der Waals surface area contributed by atoms with Crippen LogP contribution in [0, 0.1) is 92.7 Å². The Labute approximate surface area is 613 Å². The van der Waals surface area contributed by atoms with E-state index < -0.39 is 27.4 Å². The lowest BCUT2D eigenvalue weighted by Crippen LogP contribution is -2.32. The smallest absolute Gasteiger partial charge is 0.201 e. The summed E-state index contributed by atoms with van der Waals surface area (Å²) in [6, 6.07) is 48.4.